The number of anilines is 2. The molecule has 346 valence electrons. The summed E-state index contributed by atoms with van der Waals surface area (Å²) in [4.78, 5) is 39.7. The van der Waals surface area contributed by atoms with Gasteiger partial charge in [0.2, 0.25) is 11.9 Å². The van der Waals surface area contributed by atoms with Crippen molar-refractivity contribution in [1.29, 1.82) is 5.26 Å². The average Bonchev–Trinajstić information content (AvgIpc) is 3.72. The molecule has 0 radical (unpaired) electrons. The molecule has 2 aromatic heterocycles. The first-order valence-electron chi connectivity index (χ1n) is 21.6. The van der Waals surface area contributed by atoms with Crippen LogP contribution < -0.4 is 20.1 Å². The Morgan fingerprint density at radius 3 is 2.06 bits per heavy atom. The smallest absolute Gasteiger partial charge is 0.259 e. The quantitative estimate of drug-likeness (QED) is 0.0409. The van der Waals surface area contributed by atoms with Crippen LogP contribution in [0.25, 0.3) is 11.2 Å². The van der Waals surface area contributed by atoms with E-state index >= 15 is 0 Å². The van der Waals surface area contributed by atoms with E-state index in [0.717, 1.165) is 16.7 Å². The zero-order valence-corrected chi connectivity index (χ0v) is 39.3. The lowest BCUT2D eigenvalue weighted by Gasteiger charge is -2.44. The second-order valence-electron chi connectivity index (χ2n) is 16.2. The minimum atomic E-state index is -1.80. The third-order valence-electron chi connectivity index (χ3n) is 10.7. The van der Waals surface area contributed by atoms with E-state index in [9.17, 15) is 14.9 Å². The first-order valence-corrected chi connectivity index (χ1v) is 22.7. The normalized spacial score (nSPS) is 17.1. The second-order valence-corrected chi connectivity index (χ2v) is 17.6. The second kappa shape index (κ2) is 22.6. The molecule has 5 aromatic rings. The molecule has 3 heterocycles. The number of nitrogens with one attached hydrogen (secondary N) is 2. The van der Waals surface area contributed by atoms with Crippen molar-refractivity contribution in [3.63, 3.8) is 0 Å². The number of carbonyl (C=O) groups excluding carboxylic acids is 2. The molecular formula is C47H59N8O9P. The van der Waals surface area contributed by atoms with E-state index in [-0.39, 0.29) is 79.5 Å². The van der Waals surface area contributed by atoms with Gasteiger partial charge in [0.05, 0.1) is 52.4 Å². The maximum atomic E-state index is 13.1. The van der Waals surface area contributed by atoms with Crippen molar-refractivity contribution < 1.29 is 42.3 Å². The summed E-state index contributed by atoms with van der Waals surface area (Å²) in [5, 5.41) is 15.0. The van der Waals surface area contributed by atoms with Crippen LogP contribution in [0.2, 0.25) is 0 Å². The lowest BCUT2D eigenvalue weighted by atomic mass is 9.79. The summed E-state index contributed by atoms with van der Waals surface area (Å²) >= 11 is 0. The summed E-state index contributed by atoms with van der Waals surface area (Å²) in [6, 6.07) is 27.8. The van der Waals surface area contributed by atoms with Gasteiger partial charge in [0.1, 0.15) is 29.8 Å². The van der Waals surface area contributed by atoms with E-state index in [1.165, 1.54) is 7.11 Å². The van der Waals surface area contributed by atoms with Gasteiger partial charge in [-0.05, 0) is 68.7 Å². The molecule has 1 aliphatic rings. The molecule has 2 N–H and O–H groups in total. The van der Waals surface area contributed by atoms with Gasteiger partial charge < -0.3 is 38.0 Å². The first kappa shape index (κ1) is 48.9. The van der Waals surface area contributed by atoms with Crippen LogP contribution in [0.3, 0.4) is 0 Å². The monoisotopic (exact) mass is 910 g/mol. The third-order valence-corrected chi connectivity index (χ3v) is 12.8. The number of amides is 2. The number of rotatable bonds is 21. The largest absolute Gasteiger partial charge is 0.497 e. The molecule has 1 saturated heterocycles. The highest BCUT2D eigenvalue weighted by Gasteiger charge is 2.45. The SMILES string of the molecule is COCC(=O)Nc1nc(NC(=O)C(C)C)c2ncn([C@@H]3OC[C@@H](OC(c4ccccc4)(c4ccc(OC)cc4)c4ccc(OC)cc4)C[C@H]3OP(OCCC#N)N(C(C)C)C(C)C)c2n1. The molecule has 0 bridgehead atoms. The zero-order valence-electron chi connectivity index (χ0n) is 38.4. The predicted molar refractivity (Wildman–Crippen MR) is 246 cm³/mol. The number of hydrogen-bond acceptors (Lipinski definition) is 14. The van der Waals surface area contributed by atoms with Crippen molar-refractivity contribution in [3.8, 4) is 17.6 Å². The van der Waals surface area contributed by atoms with Gasteiger partial charge in [-0.25, -0.2) is 9.65 Å². The van der Waals surface area contributed by atoms with E-state index in [4.69, 9.17) is 37.7 Å². The predicted octanol–water partition coefficient (Wildman–Crippen LogP) is 7.98. The fourth-order valence-corrected chi connectivity index (χ4v) is 9.41. The lowest BCUT2D eigenvalue weighted by molar-refractivity contribution is -0.183. The molecule has 17 nitrogen and oxygen atoms in total. The minimum Gasteiger partial charge on any atom is -0.497 e. The van der Waals surface area contributed by atoms with E-state index < -0.39 is 38.5 Å². The number of imidazole rings is 1. The van der Waals surface area contributed by atoms with Crippen LogP contribution >= 0.6 is 8.53 Å². The number of benzene rings is 3. The summed E-state index contributed by atoms with van der Waals surface area (Å²) in [5.74, 6) is 0.237. The Balaban J connectivity index is 1.50. The van der Waals surface area contributed by atoms with E-state index in [2.05, 4.69) is 59.0 Å². The summed E-state index contributed by atoms with van der Waals surface area (Å²) in [7, 11) is 2.86. The molecule has 0 spiro atoms. The van der Waals surface area contributed by atoms with E-state index in [1.807, 2.05) is 78.9 Å². The Bertz CT molecular complexity index is 2320. The molecule has 1 aliphatic heterocycles. The maximum absolute atomic E-state index is 13.1. The van der Waals surface area contributed by atoms with E-state index in [1.54, 1.807) is 39.0 Å². The van der Waals surface area contributed by atoms with Crippen molar-refractivity contribution in [3.05, 3.63) is 102 Å². The fourth-order valence-electron chi connectivity index (χ4n) is 7.68. The Labute approximate surface area is 381 Å². The standard InChI is InChI=1S/C47H59N8O9P/c1-30(2)44(57)51-42-41-43(53-46(52-42)50-40(56)28-58-7)54(29-49-41)45-39(64-65(62-25-13-24-48)55(31(3)4)32(5)6)26-38(27-61-45)63-47(33-14-11-10-12-15-33,34-16-20-36(59-8)21-17-34)35-18-22-37(60-9)23-19-35/h10-12,14-23,29-32,38-39,45H,13,25-28H2,1-9H3,(H2,50,51,52,53,56,57)/t38-,39+,45+,65?/m0/s1. The maximum Gasteiger partial charge on any atom is 0.259 e. The molecular weight excluding hydrogens is 852 g/mol. The summed E-state index contributed by atoms with van der Waals surface area (Å²) in [5.41, 5.74) is 1.93. The van der Waals surface area contributed by atoms with Gasteiger partial charge in [0.25, 0.3) is 14.4 Å². The van der Waals surface area contributed by atoms with Gasteiger partial charge in [0.15, 0.2) is 23.2 Å². The Morgan fingerprint density at radius 2 is 1.51 bits per heavy atom. The van der Waals surface area contributed by atoms with Gasteiger partial charge in [-0.1, -0.05) is 68.4 Å². The number of nitrogens with zero attached hydrogens (tertiary/aromatic N) is 6. The molecule has 0 aliphatic carbocycles. The third kappa shape index (κ3) is 11.5. The number of ether oxygens (including phenoxy) is 5. The number of nitriles is 1. The molecule has 2 amide bonds. The molecule has 4 atom stereocenters. The topological polar surface area (TPSA) is 193 Å². The summed E-state index contributed by atoms with van der Waals surface area (Å²) in [6.07, 6.45) is -0.262. The summed E-state index contributed by atoms with van der Waals surface area (Å²) < 4.78 is 48.1. The number of hydrogen-bond donors (Lipinski definition) is 2. The number of methoxy groups -OCH3 is 3. The Hall–Kier alpha value is -5.57. The van der Waals surface area contributed by atoms with Gasteiger partial charge >= 0.3 is 0 Å². The van der Waals surface area contributed by atoms with Gasteiger partial charge in [0, 0.05) is 31.5 Å². The molecule has 1 unspecified atom stereocenters. The van der Waals surface area contributed by atoms with Gasteiger partial charge in [-0.2, -0.15) is 15.2 Å². The highest BCUT2D eigenvalue weighted by Crippen LogP contribution is 2.51. The first-order chi connectivity index (χ1) is 31.3. The van der Waals surface area contributed by atoms with Crippen molar-refractivity contribution in [2.24, 2.45) is 5.92 Å². The lowest BCUT2D eigenvalue weighted by Crippen LogP contribution is -2.46. The number of carbonyl (C=O) groups is 2. The van der Waals surface area contributed by atoms with Crippen molar-refractivity contribution in [1.82, 2.24) is 24.2 Å². The Kier molecular flexibility index (Phi) is 17.0. The minimum absolute atomic E-state index is 0.00119. The molecule has 18 heteroatoms. The highest BCUT2D eigenvalue weighted by atomic mass is 31.2. The molecule has 3 aromatic carbocycles. The van der Waals surface area contributed by atoms with Crippen LogP contribution in [0.4, 0.5) is 11.8 Å². The van der Waals surface area contributed by atoms with Crippen LogP contribution in [0.5, 0.6) is 11.5 Å². The average molecular weight is 911 g/mol. The number of aromatic nitrogens is 4. The molecule has 6 rings (SSSR count). The van der Waals surface area contributed by atoms with Crippen molar-refractivity contribution in [2.75, 3.05) is 51.8 Å². The van der Waals surface area contributed by atoms with Crippen molar-refractivity contribution in [2.45, 2.75) is 90.5 Å². The van der Waals surface area contributed by atoms with Gasteiger partial charge in [-0.3, -0.25) is 19.5 Å². The highest BCUT2D eigenvalue weighted by molar-refractivity contribution is 7.44. The van der Waals surface area contributed by atoms with Crippen molar-refractivity contribution >= 4 is 43.3 Å². The van der Waals surface area contributed by atoms with Gasteiger partial charge in [-0.15, -0.1) is 0 Å². The molecule has 1 fully saturated rings. The van der Waals surface area contributed by atoms with Crippen LogP contribution in [0.15, 0.2) is 85.2 Å². The zero-order chi connectivity index (χ0) is 46.7. The molecule has 0 saturated carbocycles. The van der Waals surface area contributed by atoms with E-state index in [0.29, 0.717) is 11.5 Å². The summed E-state index contributed by atoms with van der Waals surface area (Å²) in [6.45, 7) is 11.8. The number of fused-ring (bicyclic) bond motifs is 1. The van der Waals surface area contributed by atoms with Crippen LogP contribution in [-0.4, -0.2) is 101 Å². The van der Waals surface area contributed by atoms with Crippen LogP contribution in [-0.2, 0) is 38.4 Å². The molecule has 65 heavy (non-hydrogen) atoms. The fraction of sp³-hybridized carbons (Fsp3) is 0.447. The van der Waals surface area contributed by atoms with Crippen LogP contribution in [0, 0.1) is 17.2 Å². The Morgan fingerprint density at radius 1 is 0.892 bits per heavy atom. The van der Waals surface area contributed by atoms with Crippen LogP contribution in [0.1, 0.15) is 77.3 Å².